The summed E-state index contributed by atoms with van der Waals surface area (Å²) in [6, 6.07) is 15.0. The molecule has 2 aliphatic rings. The number of rotatable bonds is 4. The molecule has 0 bridgehead atoms. The van der Waals surface area contributed by atoms with Crippen molar-refractivity contribution in [2.45, 2.75) is 26.2 Å². The highest BCUT2D eigenvalue weighted by atomic mass is 16.2. The maximum Gasteiger partial charge on any atom is 0.254 e. The molecular weight excluding hydrogens is 378 g/mol. The maximum absolute atomic E-state index is 13.0. The number of amides is 3. The molecule has 6 nitrogen and oxygen atoms in total. The molecule has 2 aromatic rings. The first-order valence-corrected chi connectivity index (χ1v) is 10.6. The number of piperazine rings is 1. The van der Waals surface area contributed by atoms with Crippen molar-refractivity contribution < 1.29 is 14.4 Å². The van der Waals surface area contributed by atoms with Crippen LogP contribution in [0, 0.1) is 0 Å². The zero-order valence-electron chi connectivity index (χ0n) is 17.3. The molecule has 2 aliphatic heterocycles. The maximum atomic E-state index is 13.0. The van der Waals surface area contributed by atoms with Crippen LogP contribution in [0.5, 0.6) is 0 Å². The first kappa shape index (κ1) is 20.1. The second-order valence-electron chi connectivity index (χ2n) is 7.83. The molecule has 6 heteroatoms. The fourth-order valence-corrected chi connectivity index (χ4v) is 4.09. The second kappa shape index (κ2) is 8.69. The van der Waals surface area contributed by atoms with Crippen molar-refractivity contribution in [3.05, 3.63) is 65.2 Å². The van der Waals surface area contributed by atoms with Crippen LogP contribution in [-0.2, 0) is 11.2 Å². The van der Waals surface area contributed by atoms with Crippen LogP contribution in [0.3, 0.4) is 0 Å². The van der Waals surface area contributed by atoms with Crippen molar-refractivity contribution in [2.75, 3.05) is 37.6 Å². The molecule has 30 heavy (non-hydrogen) atoms. The van der Waals surface area contributed by atoms with Gasteiger partial charge in [-0.05, 0) is 48.7 Å². The van der Waals surface area contributed by atoms with Gasteiger partial charge in [-0.1, -0.05) is 25.1 Å². The SMILES string of the molecule is CCc1ccc(C(=O)N2CCN(C(=O)c3cccc(N4CCCC4=O)c3)CC2)cc1. The van der Waals surface area contributed by atoms with Crippen molar-refractivity contribution in [3.8, 4) is 0 Å². The second-order valence-corrected chi connectivity index (χ2v) is 7.83. The van der Waals surface area contributed by atoms with Gasteiger partial charge in [0, 0.05) is 56.0 Å². The molecule has 3 amide bonds. The van der Waals surface area contributed by atoms with Crippen LogP contribution in [0.1, 0.15) is 46.0 Å². The summed E-state index contributed by atoms with van der Waals surface area (Å²) in [7, 11) is 0. The Kier molecular flexibility index (Phi) is 5.84. The summed E-state index contributed by atoms with van der Waals surface area (Å²) in [6.07, 6.45) is 2.37. The van der Waals surface area contributed by atoms with E-state index in [1.807, 2.05) is 41.3 Å². The van der Waals surface area contributed by atoms with Gasteiger partial charge in [0.1, 0.15) is 0 Å². The van der Waals surface area contributed by atoms with Gasteiger partial charge in [0.25, 0.3) is 11.8 Å². The molecular formula is C24H27N3O3. The largest absolute Gasteiger partial charge is 0.335 e. The van der Waals surface area contributed by atoms with Gasteiger partial charge in [0.15, 0.2) is 0 Å². The lowest BCUT2D eigenvalue weighted by atomic mass is 10.1. The van der Waals surface area contributed by atoms with Crippen molar-refractivity contribution >= 4 is 23.4 Å². The van der Waals surface area contributed by atoms with E-state index in [4.69, 9.17) is 0 Å². The first-order chi connectivity index (χ1) is 14.6. The van der Waals surface area contributed by atoms with Gasteiger partial charge in [0.05, 0.1) is 0 Å². The minimum atomic E-state index is -0.0529. The Morgan fingerprint density at radius 1 is 0.833 bits per heavy atom. The number of hydrogen-bond donors (Lipinski definition) is 0. The summed E-state index contributed by atoms with van der Waals surface area (Å²) in [5.41, 5.74) is 3.27. The van der Waals surface area contributed by atoms with Gasteiger partial charge in [-0.3, -0.25) is 14.4 Å². The van der Waals surface area contributed by atoms with Crippen LogP contribution in [-0.4, -0.2) is 60.2 Å². The third-order valence-electron chi connectivity index (χ3n) is 5.94. The standard InChI is InChI=1S/C24H27N3O3/c1-2-18-8-10-19(11-9-18)23(29)25-13-15-26(16-14-25)24(30)20-5-3-6-21(17-20)27-12-4-7-22(27)28/h3,5-6,8-11,17H,2,4,7,12-16H2,1H3. The Morgan fingerprint density at radius 2 is 1.47 bits per heavy atom. The van der Waals surface area contributed by atoms with Gasteiger partial charge in [0.2, 0.25) is 5.91 Å². The number of anilines is 1. The molecule has 2 aromatic carbocycles. The summed E-state index contributed by atoms with van der Waals surface area (Å²) < 4.78 is 0. The number of hydrogen-bond acceptors (Lipinski definition) is 3. The molecule has 4 rings (SSSR count). The first-order valence-electron chi connectivity index (χ1n) is 10.6. The van der Waals surface area contributed by atoms with E-state index in [0.717, 1.165) is 18.5 Å². The molecule has 2 saturated heterocycles. The van der Waals surface area contributed by atoms with Crippen molar-refractivity contribution in [2.24, 2.45) is 0 Å². The van der Waals surface area contributed by atoms with Crippen molar-refractivity contribution in [1.82, 2.24) is 9.80 Å². The van der Waals surface area contributed by atoms with E-state index >= 15 is 0 Å². The van der Waals surface area contributed by atoms with Gasteiger partial charge in [-0.15, -0.1) is 0 Å². The third-order valence-corrected chi connectivity index (χ3v) is 5.94. The Balaban J connectivity index is 1.38. The molecule has 2 fully saturated rings. The Morgan fingerprint density at radius 3 is 2.03 bits per heavy atom. The van der Waals surface area contributed by atoms with Crippen LogP contribution < -0.4 is 4.90 Å². The molecule has 156 valence electrons. The Bertz CT molecular complexity index is 946. The molecule has 0 aromatic heterocycles. The van der Waals surface area contributed by atoms with Crippen LogP contribution in [0.2, 0.25) is 0 Å². The molecule has 0 saturated carbocycles. The highest BCUT2D eigenvalue weighted by Gasteiger charge is 2.27. The number of nitrogens with zero attached hydrogens (tertiary/aromatic N) is 3. The van der Waals surface area contributed by atoms with E-state index in [1.54, 1.807) is 21.9 Å². The fraction of sp³-hybridized carbons (Fsp3) is 0.375. The predicted octanol–water partition coefficient (Wildman–Crippen LogP) is 2.97. The predicted molar refractivity (Wildman–Crippen MR) is 116 cm³/mol. The quantitative estimate of drug-likeness (QED) is 0.786. The van der Waals surface area contributed by atoms with E-state index in [0.29, 0.717) is 50.3 Å². The summed E-state index contributed by atoms with van der Waals surface area (Å²) >= 11 is 0. The lowest BCUT2D eigenvalue weighted by Crippen LogP contribution is -2.50. The van der Waals surface area contributed by atoms with Crippen LogP contribution in [0.4, 0.5) is 5.69 Å². The normalized spacial score (nSPS) is 16.8. The molecule has 0 atom stereocenters. The molecule has 0 aliphatic carbocycles. The minimum absolute atomic E-state index is 0.0132. The van der Waals surface area contributed by atoms with E-state index in [9.17, 15) is 14.4 Å². The molecule has 0 spiro atoms. The highest BCUT2D eigenvalue weighted by molar-refractivity contribution is 5.99. The summed E-state index contributed by atoms with van der Waals surface area (Å²) in [4.78, 5) is 43.1. The Labute approximate surface area is 177 Å². The Hall–Kier alpha value is -3.15. The smallest absolute Gasteiger partial charge is 0.254 e. The van der Waals surface area contributed by atoms with E-state index in [1.165, 1.54) is 5.56 Å². The zero-order valence-corrected chi connectivity index (χ0v) is 17.3. The molecule has 0 N–H and O–H groups in total. The van der Waals surface area contributed by atoms with Crippen molar-refractivity contribution in [3.63, 3.8) is 0 Å². The van der Waals surface area contributed by atoms with Crippen molar-refractivity contribution in [1.29, 1.82) is 0 Å². The average Bonchev–Trinajstić information content (AvgIpc) is 3.24. The number of aryl methyl sites for hydroxylation is 1. The third kappa shape index (κ3) is 4.08. The minimum Gasteiger partial charge on any atom is -0.335 e. The number of benzene rings is 2. The fourth-order valence-electron chi connectivity index (χ4n) is 4.09. The number of carbonyl (C=O) groups is 3. The highest BCUT2D eigenvalue weighted by Crippen LogP contribution is 2.23. The van der Waals surface area contributed by atoms with Gasteiger partial charge in [-0.25, -0.2) is 0 Å². The van der Waals surface area contributed by atoms with E-state index in [2.05, 4.69) is 6.92 Å². The van der Waals surface area contributed by atoms with E-state index in [-0.39, 0.29) is 17.7 Å². The molecule has 2 heterocycles. The van der Waals surface area contributed by atoms with Crippen LogP contribution in [0.15, 0.2) is 48.5 Å². The molecule has 0 radical (unpaired) electrons. The lowest BCUT2D eigenvalue weighted by molar-refractivity contribution is -0.117. The molecule has 0 unspecified atom stereocenters. The van der Waals surface area contributed by atoms with Crippen LogP contribution >= 0.6 is 0 Å². The average molecular weight is 405 g/mol. The van der Waals surface area contributed by atoms with Gasteiger partial charge < -0.3 is 14.7 Å². The summed E-state index contributed by atoms with van der Waals surface area (Å²) in [6.45, 7) is 4.84. The number of carbonyl (C=O) groups excluding carboxylic acids is 3. The monoisotopic (exact) mass is 405 g/mol. The zero-order chi connectivity index (χ0) is 21.1. The van der Waals surface area contributed by atoms with E-state index < -0.39 is 0 Å². The lowest BCUT2D eigenvalue weighted by Gasteiger charge is -2.35. The van der Waals surface area contributed by atoms with Gasteiger partial charge in [-0.2, -0.15) is 0 Å². The summed E-state index contributed by atoms with van der Waals surface area (Å²) in [5, 5.41) is 0. The topological polar surface area (TPSA) is 60.9 Å². The van der Waals surface area contributed by atoms with Gasteiger partial charge >= 0.3 is 0 Å². The summed E-state index contributed by atoms with van der Waals surface area (Å²) in [5.74, 6) is 0.0703. The van der Waals surface area contributed by atoms with Crippen LogP contribution in [0.25, 0.3) is 0 Å².